The van der Waals surface area contributed by atoms with Crippen LogP contribution in [0.15, 0.2) is 16.6 Å². The summed E-state index contributed by atoms with van der Waals surface area (Å²) in [6.07, 6.45) is 0. The van der Waals surface area contributed by atoms with E-state index in [2.05, 4.69) is 21.2 Å². The first-order chi connectivity index (χ1) is 9.38. The highest BCUT2D eigenvalue weighted by atomic mass is 79.9. The highest BCUT2D eigenvalue weighted by Gasteiger charge is 2.44. The first-order valence-electron chi connectivity index (χ1n) is 6.06. The van der Waals surface area contributed by atoms with Gasteiger partial charge in [-0.15, -0.1) is 0 Å². The molecule has 0 saturated carbocycles. The maximum absolute atomic E-state index is 12.5. The van der Waals surface area contributed by atoms with Gasteiger partial charge < -0.3 is 20.5 Å². The Morgan fingerprint density at radius 2 is 2.35 bits per heavy atom. The number of anilines is 1. The molecule has 1 aromatic carbocycles. The van der Waals surface area contributed by atoms with Crippen molar-refractivity contribution in [1.82, 2.24) is 0 Å². The molecule has 110 valence electrons. The smallest absolute Gasteiger partial charge is 0.234 e. The Hall–Kier alpha value is -0.820. The van der Waals surface area contributed by atoms with E-state index in [1.165, 1.54) is 7.11 Å². The molecule has 1 aliphatic heterocycles. The van der Waals surface area contributed by atoms with E-state index >= 15 is 0 Å². The van der Waals surface area contributed by atoms with Gasteiger partial charge in [0.1, 0.15) is 0 Å². The third kappa shape index (κ3) is 2.79. The molecule has 1 amide bonds. The average Bonchev–Trinajstić information content (AvgIpc) is 2.70. The van der Waals surface area contributed by atoms with Crippen molar-refractivity contribution in [3.8, 4) is 5.75 Å². The molecule has 0 aliphatic carbocycles. The zero-order valence-corrected chi connectivity index (χ0v) is 13.5. The summed E-state index contributed by atoms with van der Waals surface area (Å²) in [5.74, 6) is 0.300. The molecular formula is C13H16BrClN2O3. The lowest BCUT2D eigenvalue weighted by Gasteiger charge is -2.26. The topological polar surface area (TPSA) is 73.6 Å². The summed E-state index contributed by atoms with van der Waals surface area (Å²) < 4.78 is 11.2. The average molecular weight is 364 g/mol. The van der Waals surface area contributed by atoms with E-state index < -0.39 is 5.41 Å². The molecule has 1 heterocycles. The van der Waals surface area contributed by atoms with Crippen molar-refractivity contribution < 1.29 is 14.3 Å². The van der Waals surface area contributed by atoms with Gasteiger partial charge in [0, 0.05) is 11.1 Å². The first-order valence-corrected chi connectivity index (χ1v) is 7.23. The molecule has 2 rings (SSSR count). The minimum absolute atomic E-state index is 0.213. The maximum atomic E-state index is 12.5. The zero-order chi connectivity index (χ0) is 14.9. The van der Waals surface area contributed by atoms with Crippen molar-refractivity contribution in [3.63, 3.8) is 0 Å². The van der Waals surface area contributed by atoms with E-state index in [0.29, 0.717) is 34.1 Å². The molecule has 1 aliphatic rings. The Kier molecular flexibility index (Phi) is 4.59. The van der Waals surface area contributed by atoms with Gasteiger partial charge in [-0.05, 0) is 35.0 Å². The number of carbonyl (C=O) groups excluding carboxylic acids is 1. The summed E-state index contributed by atoms with van der Waals surface area (Å²) in [6, 6.07) is 2.99. The normalized spacial score (nSPS) is 25.6. The van der Waals surface area contributed by atoms with Crippen LogP contribution in [0.1, 0.15) is 6.92 Å². The summed E-state index contributed by atoms with van der Waals surface area (Å²) in [5, 5.41) is 3.31. The van der Waals surface area contributed by atoms with E-state index in [9.17, 15) is 4.79 Å². The van der Waals surface area contributed by atoms with Crippen molar-refractivity contribution in [3.05, 3.63) is 21.6 Å². The van der Waals surface area contributed by atoms with E-state index in [1.54, 1.807) is 19.1 Å². The summed E-state index contributed by atoms with van der Waals surface area (Å²) in [7, 11) is 1.52. The lowest BCUT2D eigenvalue weighted by Crippen LogP contribution is -2.47. The number of ether oxygens (including phenoxy) is 2. The van der Waals surface area contributed by atoms with Gasteiger partial charge in [0.05, 0.1) is 35.9 Å². The summed E-state index contributed by atoms with van der Waals surface area (Å²) >= 11 is 9.35. The highest BCUT2D eigenvalue weighted by molar-refractivity contribution is 9.10. The molecule has 0 bridgehead atoms. The third-order valence-corrected chi connectivity index (χ3v) is 4.30. The number of methoxy groups -OCH3 is 1. The van der Waals surface area contributed by atoms with Crippen LogP contribution in [-0.2, 0) is 9.53 Å². The largest absolute Gasteiger partial charge is 0.493 e. The number of amides is 1. The second-order valence-electron chi connectivity index (χ2n) is 4.96. The predicted octanol–water partition coefficient (Wildman–Crippen LogP) is 2.41. The SMILES string of the molecule is COc1c(Br)cc(Cl)cc1NC(=O)C1(C)COCC1N. The standard InChI is InChI=1S/C13H16BrClN2O3/c1-13(6-20-5-10(13)16)12(18)17-9-4-7(15)3-8(14)11(9)19-2/h3-4,10H,5-6,16H2,1-2H3,(H,17,18). The fraction of sp³-hybridized carbons (Fsp3) is 0.462. The number of rotatable bonds is 3. The molecule has 20 heavy (non-hydrogen) atoms. The second-order valence-corrected chi connectivity index (χ2v) is 6.25. The fourth-order valence-electron chi connectivity index (χ4n) is 2.05. The summed E-state index contributed by atoms with van der Waals surface area (Å²) in [6.45, 7) is 2.45. The minimum Gasteiger partial charge on any atom is -0.493 e. The van der Waals surface area contributed by atoms with Gasteiger partial charge in [-0.2, -0.15) is 0 Å². The Labute approximate surface area is 130 Å². The van der Waals surface area contributed by atoms with Crippen LogP contribution in [0.3, 0.4) is 0 Å². The third-order valence-electron chi connectivity index (χ3n) is 3.50. The molecule has 3 N–H and O–H groups in total. The van der Waals surface area contributed by atoms with Gasteiger partial charge in [-0.25, -0.2) is 0 Å². The minimum atomic E-state index is -0.764. The predicted molar refractivity (Wildman–Crippen MR) is 81.2 cm³/mol. The highest BCUT2D eigenvalue weighted by Crippen LogP contribution is 2.38. The second kappa shape index (κ2) is 5.89. The lowest BCUT2D eigenvalue weighted by molar-refractivity contribution is -0.125. The van der Waals surface area contributed by atoms with Crippen LogP contribution in [0.4, 0.5) is 5.69 Å². The Bertz CT molecular complexity index is 541. The molecule has 0 spiro atoms. The monoisotopic (exact) mass is 362 g/mol. The maximum Gasteiger partial charge on any atom is 0.234 e. The first kappa shape index (κ1) is 15.6. The van der Waals surface area contributed by atoms with Crippen LogP contribution in [-0.4, -0.2) is 32.3 Å². The Morgan fingerprint density at radius 3 is 2.90 bits per heavy atom. The number of hydrogen-bond acceptors (Lipinski definition) is 4. The van der Waals surface area contributed by atoms with Gasteiger partial charge in [0.2, 0.25) is 5.91 Å². The number of halogens is 2. The number of nitrogens with two attached hydrogens (primary N) is 1. The number of carbonyl (C=O) groups is 1. The molecule has 1 aromatic rings. The van der Waals surface area contributed by atoms with Crippen LogP contribution in [0, 0.1) is 5.41 Å². The van der Waals surface area contributed by atoms with Crippen LogP contribution in [0.25, 0.3) is 0 Å². The van der Waals surface area contributed by atoms with E-state index in [1.807, 2.05) is 0 Å². The van der Waals surface area contributed by atoms with Crippen molar-refractivity contribution in [1.29, 1.82) is 0 Å². The van der Waals surface area contributed by atoms with Crippen LogP contribution >= 0.6 is 27.5 Å². The summed E-state index contributed by atoms with van der Waals surface area (Å²) in [4.78, 5) is 12.5. The van der Waals surface area contributed by atoms with Crippen molar-refractivity contribution in [2.24, 2.45) is 11.1 Å². The fourth-order valence-corrected chi connectivity index (χ4v) is 3.02. The molecular weight excluding hydrogens is 348 g/mol. The van der Waals surface area contributed by atoms with Gasteiger partial charge in [-0.1, -0.05) is 11.6 Å². The van der Waals surface area contributed by atoms with Gasteiger partial charge in [0.25, 0.3) is 0 Å². The number of nitrogens with one attached hydrogen (secondary N) is 1. The summed E-state index contributed by atoms with van der Waals surface area (Å²) in [5.41, 5.74) is 5.68. The lowest BCUT2D eigenvalue weighted by atomic mass is 9.85. The number of benzene rings is 1. The molecule has 5 nitrogen and oxygen atoms in total. The van der Waals surface area contributed by atoms with E-state index in [0.717, 1.165) is 0 Å². The zero-order valence-electron chi connectivity index (χ0n) is 11.2. The van der Waals surface area contributed by atoms with Crippen LogP contribution in [0.2, 0.25) is 5.02 Å². The van der Waals surface area contributed by atoms with Crippen molar-refractivity contribution in [2.75, 3.05) is 25.6 Å². The molecule has 0 radical (unpaired) electrons. The molecule has 1 fully saturated rings. The van der Waals surface area contributed by atoms with Crippen LogP contribution < -0.4 is 15.8 Å². The van der Waals surface area contributed by atoms with Crippen molar-refractivity contribution >= 4 is 39.1 Å². The van der Waals surface area contributed by atoms with Crippen LogP contribution in [0.5, 0.6) is 5.75 Å². The molecule has 2 unspecified atom stereocenters. The quantitative estimate of drug-likeness (QED) is 0.865. The molecule has 0 aromatic heterocycles. The van der Waals surface area contributed by atoms with E-state index in [-0.39, 0.29) is 11.9 Å². The van der Waals surface area contributed by atoms with E-state index in [4.69, 9.17) is 26.8 Å². The molecule has 7 heteroatoms. The molecule has 1 saturated heterocycles. The number of hydrogen-bond donors (Lipinski definition) is 2. The Morgan fingerprint density at radius 1 is 1.65 bits per heavy atom. The Balaban J connectivity index is 2.28. The van der Waals surface area contributed by atoms with Gasteiger partial charge in [-0.3, -0.25) is 4.79 Å². The molecule has 2 atom stereocenters. The van der Waals surface area contributed by atoms with Gasteiger partial charge in [0.15, 0.2) is 5.75 Å². The van der Waals surface area contributed by atoms with Gasteiger partial charge >= 0.3 is 0 Å². The van der Waals surface area contributed by atoms with Crippen molar-refractivity contribution in [2.45, 2.75) is 13.0 Å².